The van der Waals surface area contributed by atoms with E-state index in [2.05, 4.69) is 20.3 Å². The highest BCUT2D eigenvalue weighted by Gasteiger charge is 2.23. The highest BCUT2D eigenvalue weighted by molar-refractivity contribution is 7.09. The standard InChI is InChI=1S/C21H23FN6O3S/c1-14(31-18-6-4-15(22)5-7-18)20-24-25-21(27(2)10-16-8-9-30-26-16)28(20)11-17-13-32-19(23-17)12-29-3/h4-9,13-14H,10-12H2,1-3H3. The zero-order valence-electron chi connectivity index (χ0n) is 17.9. The molecule has 0 bridgehead atoms. The van der Waals surface area contributed by atoms with Gasteiger partial charge in [0.15, 0.2) is 11.9 Å². The summed E-state index contributed by atoms with van der Waals surface area (Å²) >= 11 is 1.54. The molecule has 4 aromatic rings. The molecular weight excluding hydrogens is 435 g/mol. The summed E-state index contributed by atoms with van der Waals surface area (Å²) in [5.74, 6) is 1.48. The lowest BCUT2D eigenvalue weighted by Crippen LogP contribution is -2.23. The van der Waals surface area contributed by atoms with Crippen molar-refractivity contribution in [2.24, 2.45) is 0 Å². The Hall–Kier alpha value is -3.31. The maximum atomic E-state index is 13.2. The lowest BCUT2D eigenvalue weighted by molar-refractivity contribution is 0.184. The Kier molecular flexibility index (Phi) is 6.76. The minimum absolute atomic E-state index is 0.319. The van der Waals surface area contributed by atoms with E-state index in [0.717, 1.165) is 16.4 Å². The van der Waals surface area contributed by atoms with Crippen molar-refractivity contribution in [3.63, 3.8) is 0 Å². The maximum Gasteiger partial charge on any atom is 0.227 e. The van der Waals surface area contributed by atoms with Gasteiger partial charge in [0.25, 0.3) is 0 Å². The van der Waals surface area contributed by atoms with Crippen molar-refractivity contribution in [2.75, 3.05) is 19.1 Å². The van der Waals surface area contributed by atoms with Gasteiger partial charge in [0.05, 0.1) is 25.4 Å². The van der Waals surface area contributed by atoms with Crippen LogP contribution >= 0.6 is 11.3 Å². The van der Waals surface area contributed by atoms with Gasteiger partial charge in [0.2, 0.25) is 5.95 Å². The Labute approximate surface area is 188 Å². The fraction of sp³-hybridized carbons (Fsp3) is 0.333. The summed E-state index contributed by atoms with van der Waals surface area (Å²) in [5.41, 5.74) is 1.64. The molecule has 4 rings (SSSR count). The predicted molar refractivity (Wildman–Crippen MR) is 116 cm³/mol. The van der Waals surface area contributed by atoms with Crippen LogP contribution in [-0.2, 0) is 24.4 Å². The van der Waals surface area contributed by atoms with Crippen LogP contribution in [0.15, 0.2) is 46.5 Å². The van der Waals surface area contributed by atoms with Gasteiger partial charge in [-0.25, -0.2) is 9.37 Å². The third-order valence-corrected chi connectivity index (χ3v) is 5.54. The smallest absolute Gasteiger partial charge is 0.227 e. The number of methoxy groups -OCH3 is 1. The first-order valence-corrected chi connectivity index (χ1v) is 10.8. The van der Waals surface area contributed by atoms with E-state index in [4.69, 9.17) is 14.0 Å². The molecule has 11 heteroatoms. The average Bonchev–Trinajstić information content (AvgIpc) is 3.52. The van der Waals surface area contributed by atoms with Gasteiger partial charge in [-0.05, 0) is 31.2 Å². The Morgan fingerprint density at radius 2 is 2.00 bits per heavy atom. The first-order valence-electron chi connectivity index (χ1n) is 9.91. The Morgan fingerprint density at radius 1 is 1.19 bits per heavy atom. The number of hydrogen-bond acceptors (Lipinski definition) is 9. The van der Waals surface area contributed by atoms with Crippen molar-refractivity contribution in [1.29, 1.82) is 0 Å². The van der Waals surface area contributed by atoms with Gasteiger partial charge in [-0.1, -0.05) is 5.16 Å². The summed E-state index contributed by atoms with van der Waals surface area (Å²) in [6, 6.07) is 7.69. The molecule has 0 N–H and O–H groups in total. The minimum Gasteiger partial charge on any atom is -0.483 e. The summed E-state index contributed by atoms with van der Waals surface area (Å²) in [5, 5.41) is 15.7. The number of halogens is 1. The molecule has 0 aliphatic heterocycles. The normalized spacial score (nSPS) is 12.1. The third-order valence-electron chi connectivity index (χ3n) is 4.67. The lowest BCUT2D eigenvalue weighted by Gasteiger charge is -2.20. The first-order chi connectivity index (χ1) is 15.5. The van der Waals surface area contributed by atoms with E-state index in [1.54, 1.807) is 25.3 Å². The highest BCUT2D eigenvalue weighted by Crippen LogP contribution is 2.25. The number of nitrogens with zero attached hydrogens (tertiary/aromatic N) is 6. The number of hydrogen-bond donors (Lipinski definition) is 0. The van der Waals surface area contributed by atoms with E-state index < -0.39 is 6.10 Å². The van der Waals surface area contributed by atoms with Crippen LogP contribution in [0.1, 0.15) is 35.2 Å². The zero-order valence-corrected chi connectivity index (χ0v) is 18.8. The van der Waals surface area contributed by atoms with Crippen molar-refractivity contribution in [2.45, 2.75) is 32.7 Å². The number of rotatable bonds is 10. The molecule has 0 aliphatic rings. The quantitative estimate of drug-likeness (QED) is 0.354. The molecule has 0 amide bonds. The van der Waals surface area contributed by atoms with Gasteiger partial charge < -0.3 is 18.9 Å². The van der Waals surface area contributed by atoms with Crippen LogP contribution < -0.4 is 9.64 Å². The third kappa shape index (κ3) is 5.11. The maximum absolute atomic E-state index is 13.2. The minimum atomic E-state index is -0.431. The number of ether oxygens (including phenoxy) is 2. The molecule has 3 heterocycles. The molecule has 0 saturated carbocycles. The van der Waals surface area contributed by atoms with Crippen LogP contribution in [0.5, 0.6) is 5.75 Å². The van der Waals surface area contributed by atoms with Gasteiger partial charge in [-0.2, -0.15) is 0 Å². The van der Waals surface area contributed by atoms with Gasteiger partial charge in [-0.15, -0.1) is 21.5 Å². The second-order valence-corrected chi connectivity index (χ2v) is 8.11. The van der Waals surface area contributed by atoms with Gasteiger partial charge in [0, 0.05) is 25.6 Å². The van der Waals surface area contributed by atoms with Crippen molar-refractivity contribution in [3.8, 4) is 5.75 Å². The number of benzene rings is 1. The van der Waals surface area contributed by atoms with Crippen molar-refractivity contribution >= 4 is 17.3 Å². The number of aromatic nitrogens is 5. The molecule has 1 aromatic carbocycles. The Bertz CT molecular complexity index is 1130. The van der Waals surface area contributed by atoms with E-state index in [9.17, 15) is 4.39 Å². The number of anilines is 1. The fourth-order valence-electron chi connectivity index (χ4n) is 3.22. The predicted octanol–water partition coefficient (Wildman–Crippen LogP) is 3.83. The van der Waals surface area contributed by atoms with E-state index in [1.807, 2.05) is 28.8 Å². The van der Waals surface area contributed by atoms with Crippen LogP contribution in [0.4, 0.5) is 10.3 Å². The Balaban J connectivity index is 1.61. The fourth-order valence-corrected chi connectivity index (χ4v) is 3.97. The SMILES string of the molecule is COCc1nc(Cn2c(C(C)Oc3ccc(F)cc3)nnc2N(C)Cc2ccon2)cs1. The van der Waals surface area contributed by atoms with E-state index in [0.29, 0.717) is 37.2 Å². The molecule has 1 atom stereocenters. The molecule has 0 radical (unpaired) electrons. The van der Waals surface area contributed by atoms with Gasteiger partial charge in [-0.3, -0.25) is 4.57 Å². The summed E-state index contributed by atoms with van der Waals surface area (Å²) in [7, 11) is 3.55. The van der Waals surface area contributed by atoms with E-state index in [-0.39, 0.29) is 5.82 Å². The van der Waals surface area contributed by atoms with Crippen LogP contribution in [0.2, 0.25) is 0 Å². The van der Waals surface area contributed by atoms with Crippen molar-refractivity contribution in [3.05, 3.63) is 70.0 Å². The van der Waals surface area contributed by atoms with Gasteiger partial charge in [0.1, 0.15) is 28.5 Å². The average molecular weight is 459 g/mol. The summed E-state index contributed by atoms with van der Waals surface area (Å²) in [6.45, 7) is 3.29. The van der Waals surface area contributed by atoms with Crippen LogP contribution in [0.25, 0.3) is 0 Å². The van der Waals surface area contributed by atoms with Crippen LogP contribution in [0.3, 0.4) is 0 Å². The van der Waals surface area contributed by atoms with Crippen molar-refractivity contribution in [1.82, 2.24) is 24.9 Å². The van der Waals surface area contributed by atoms with Crippen molar-refractivity contribution < 1.29 is 18.4 Å². The van der Waals surface area contributed by atoms with E-state index in [1.165, 1.54) is 29.7 Å². The number of thiazole rings is 1. The summed E-state index contributed by atoms with van der Waals surface area (Å²) in [4.78, 5) is 6.57. The van der Waals surface area contributed by atoms with E-state index >= 15 is 0 Å². The summed E-state index contributed by atoms with van der Waals surface area (Å²) < 4.78 is 31.3. The zero-order chi connectivity index (χ0) is 22.5. The lowest BCUT2D eigenvalue weighted by atomic mass is 10.3. The van der Waals surface area contributed by atoms with Crippen LogP contribution in [0, 0.1) is 5.82 Å². The summed E-state index contributed by atoms with van der Waals surface area (Å²) in [6.07, 6.45) is 1.10. The molecule has 0 aliphatic carbocycles. The molecule has 168 valence electrons. The molecule has 3 aromatic heterocycles. The molecule has 0 saturated heterocycles. The first kappa shape index (κ1) is 21.9. The molecule has 1 unspecified atom stereocenters. The topological polar surface area (TPSA) is 91.3 Å². The monoisotopic (exact) mass is 458 g/mol. The largest absolute Gasteiger partial charge is 0.483 e. The Morgan fingerprint density at radius 3 is 2.72 bits per heavy atom. The highest BCUT2D eigenvalue weighted by atomic mass is 32.1. The van der Waals surface area contributed by atoms with Gasteiger partial charge >= 0.3 is 0 Å². The molecular formula is C21H23FN6O3S. The second-order valence-electron chi connectivity index (χ2n) is 7.17. The second kappa shape index (κ2) is 9.88. The molecule has 9 nitrogen and oxygen atoms in total. The molecule has 32 heavy (non-hydrogen) atoms. The van der Waals surface area contributed by atoms with Crippen LogP contribution in [-0.4, -0.2) is 39.1 Å². The molecule has 0 fully saturated rings. The molecule has 0 spiro atoms.